The van der Waals surface area contributed by atoms with E-state index in [1.165, 1.54) is 6.07 Å². The number of likely N-dealkylation sites (tertiary alicyclic amines) is 1. The number of nitrogens with zero attached hydrogens (tertiary/aromatic N) is 2. The molecule has 0 spiro atoms. The Balaban J connectivity index is 1.63. The van der Waals surface area contributed by atoms with Crippen LogP contribution in [-0.4, -0.2) is 76.9 Å². The van der Waals surface area contributed by atoms with Gasteiger partial charge in [0.05, 0.1) is 36.5 Å². The first kappa shape index (κ1) is 26.2. The Labute approximate surface area is 203 Å². The highest BCUT2D eigenvalue weighted by Gasteiger charge is 2.51. The number of anilines is 1. The monoisotopic (exact) mass is 519 g/mol. The van der Waals surface area contributed by atoms with Crippen molar-refractivity contribution in [1.29, 1.82) is 0 Å². The van der Waals surface area contributed by atoms with Gasteiger partial charge >= 0.3 is 6.18 Å². The normalized spacial score (nSPS) is 25.4. The third kappa shape index (κ3) is 5.03. The Morgan fingerprint density at radius 2 is 1.94 bits per heavy atom. The van der Waals surface area contributed by atoms with Gasteiger partial charge < -0.3 is 19.6 Å². The lowest BCUT2D eigenvalue weighted by atomic mass is 9.82. The summed E-state index contributed by atoms with van der Waals surface area (Å²) in [5.74, 6) is -0.255. The fraction of sp³-hybridized carbons (Fsp3) is 0.696. The second kappa shape index (κ2) is 9.20. The second-order valence-electron chi connectivity index (χ2n) is 10.5. The molecular weight excluding hydrogens is 487 g/mol. The van der Waals surface area contributed by atoms with E-state index in [0.717, 1.165) is 18.9 Å². The lowest BCUT2D eigenvalue weighted by Gasteiger charge is -2.30. The fourth-order valence-electron chi connectivity index (χ4n) is 5.18. The molecule has 3 heterocycles. The number of alkyl halides is 3. The van der Waals surface area contributed by atoms with E-state index in [1.807, 2.05) is 0 Å². The zero-order chi connectivity index (χ0) is 25.6. The minimum absolute atomic E-state index is 0.0599. The molecule has 1 aromatic rings. The summed E-state index contributed by atoms with van der Waals surface area (Å²) < 4.78 is 75.1. The summed E-state index contributed by atoms with van der Waals surface area (Å²) in [6.07, 6.45) is -2.95. The van der Waals surface area contributed by atoms with Gasteiger partial charge in [0.25, 0.3) is 0 Å². The third-order valence-electron chi connectivity index (χ3n) is 7.43. The predicted octanol–water partition coefficient (Wildman–Crippen LogP) is 2.08. The average Bonchev–Trinajstić information content (AvgIpc) is 3.52. The summed E-state index contributed by atoms with van der Waals surface area (Å²) in [6.45, 7) is 5.36. The van der Waals surface area contributed by atoms with E-state index < -0.39 is 37.5 Å². The second-order valence-corrected chi connectivity index (χ2v) is 12.2. The zero-order valence-electron chi connectivity index (χ0n) is 19.9. The number of fused-ring (bicyclic) bond motifs is 1. The molecule has 12 heteroatoms. The van der Waals surface area contributed by atoms with E-state index in [1.54, 1.807) is 23.6 Å². The minimum atomic E-state index is -4.73. The number of hydrogen-bond donors (Lipinski definition) is 2. The molecule has 3 aliphatic rings. The number of carbonyl (C=O) groups excluding carboxylic acids is 1. The molecule has 35 heavy (non-hydrogen) atoms. The van der Waals surface area contributed by atoms with Crippen LogP contribution in [-0.2, 0) is 25.7 Å². The predicted molar refractivity (Wildman–Crippen MR) is 122 cm³/mol. The van der Waals surface area contributed by atoms with Crippen LogP contribution < -0.4 is 9.62 Å². The van der Waals surface area contributed by atoms with Gasteiger partial charge in [0, 0.05) is 44.1 Å². The van der Waals surface area contributed by atoms with Crippen molar-refractivity contribution in [3.63, 3.8) is 0 Å². The third-order valence-corrected chi connectivity index (χ3v) is 8.86. The van der Waals surface area contributed by atoms with Crippen LogP contribution in [0.4, 0.5) is 18.9 Å². The first-order valence-electron chi connectivity index (χ1n) is 11.7. The number of benzene rings is 1. The number of carbonyl (C=O) groups is 1. The zero-order valence-corrected chi connectivity index (χ0v) is 20.7. The van der Waals surface area contributed by atoms with Crippen LogP contribution in [0.15, 0.2) is 23.1 Å². The highest BCUT2D eigenvalue weighted by atomic mass is 32.2. The SMILES string of the molecule is CC(C)(CNS(=O)(=O)c1cc(C(F)(F)F)ccc1N1C[C@@H]2COC[C@]2(CO)C1)C(=O)N1CCCC1. The Bertz CT molecular complexity index is 1070. The maximum atomic E-state index is 13.5. The standard InChI is InChI=1S/C23H32F3N3O5S/c1-21(2,20(31)28-7-3-4-8-28)12-27-35(32,33)19-9-16(23(24,25)26)5-6-18(19)29-10-17-11-34-15-22(17,13-29)14-30/h5-6,9,17,27,30H,3-4,7-8,10-15H2,1-2H3/t17-,22-/m1/s1. The number of halogens is 3. The van der Waals surface area contributed by atoms with Gasteiger partial charge in [-0.3, -0.25) is 4.79 Å². The maximum absolute atomic E-state index is 13.5. The average molecular weight is 520 g/mol. The van der Waals surface area contributed by atoms with Gasteiger partial charge in [0.1, 0.15) is 4.90 Å². The molecule has 2 atom stereocenters. The van der Waals surface area contributed by atoms with Crippen LogP contribution in [0, 0.1) is 16.7 Å². The summed E-state index contributed by atoms with van der Waals surface area (Å²) in [5, 5.41) is 9.97. The van der Waals surface area contributed by atoms with Crippen LogP contribution in [0.3, 0.4) is 0 Å². The summed E-state index contributed by atoms with van der Waals surface area (Å²) in [7, 11) is -4.41. The van der Waals surface area contributed by atoms with Crippen molar-refractivity contribution < 1.29 is 36.2 Å². The molecule has 196 valence electrons. The largest absolute Gasteiger partial charge is 0.416 e. The van der Waals surface area contributed by atoms with E-state index in [2.05, 4.69) is 4.72 Å². The van der Waals surface area contributed by atoms with E-state index >= 15 is 0 Å². The lowest BCUT2D eigenvalue weighted by Crippen LogP contribution is -2.46. The molecule has 3 fully saturated rings. The first-order chi connectivity index (χ1) is 16.3. The fourth-order valence-corrected chi connectivity index (χ4v) is 6.64. The Hall–Kier alpha value is -1.89. The molecule has 1 aromatic carbocycles. The van der Waals surface area contributed by atoms with Crippen molar-refractivity contribution in [2.75, 3.05) is 57.4 Å². The molecule has 3 aliphatic heterocycles. The molecule has 8 nitrogen and oxygen atoms in total. The van der Waals surface area contributed by atoms with Gasteiger partial charge in [-0.05, 0) is 44.9 Å². The van der Waals surface area contributed by atoms with Crippen molar-refractivity contribution in [3.05, 3.63) is 23.8 Å². The topological polar surface area (TPSA) is 99.2 Å². The number of nitrogens with one attached hydrogen (secondary N) is 1. The van der Waals surface area contributed by atoms with E-state index in [-0.39, 0.29) is 37.2 Å². The number of amides is 1. The highest BCUT2D eigenvalue weighted by Crippen LogP contribution is 2.44. The van der Waals surface area contributed by atoms with Crippen LogP contribution >= 0.6 is 0 Å². The van der Waals surface area contributed by atoms with Crippen LogP contribution in [0.2, 0.25) is 0 Å². The van der Waals surface area contributed by atoms with E-state index in [9.17, 15) is 31.5 Å². The number of hydrogen-bond acceptors (Lipinski definition) is 6. The lowest BCUT2D eigenvalue weighted by molar-refractivity contribution is -0.139. The summed E-state index contributed by atoms with van der Waals surface area (Å²) in [5.41, 5.74) is -2.59. The molecule has 0 radical (unpaired) electrons. The highest BCUT2D eigenvalue weighted by molar-refractivity contribution is 7.89. The van der Waals surface area contributed by atoms with Crippen LogP contribution in [0.1, 0.15) is 32.3 Å². The van der Waals surface area contributed by atoms with Gasteiger partial charge in [-0.2, -0.15) is 13.2 Å². The van der Waals surface area contributed by atoms with E-state index in [4.69, 9.17) is 4.74 Å². The summed E-state index contributed by atoms with van der Waals surface area (Å²) >= 11 is 0. The van der Waals surface area contributed by atoms with Gasteiger partial charge in [-0.1, -0.05) is 0 Å². The Morgan fingerprint density at radius 1 is 1.26 bits per heavy atom. The van der Waals surface area contributed by atoms with Crippen LogP contribution in [0.25, 0.3) is 0 Å². The minimum Gasteiger partial charge on any atom is -0.396 e. The quantitative estimate of drug-likeness (QED) is 0.573. The molecular formula is C23H32F3N3O5S. The number of aliphatic hydroxyl groups excluding tert-OH is 1. The smallest absolute Gasteiger partial charge is 0.396 e. The van der Waals surface area contributed by atoms with Crippen molar-refractivity contribution in [2.45, 2.75) is 37.8 Å². The van der Waals surface area contributed by atoms with Gasteiger partial charge in [0.2, 0.25) is 15.9 Å². The molecule has 0 saturated carbocycles. The van der Waals surface area contributed by atoms with Gasteiger partial charge in [-0.15, -0.1) is 0 Å². The molecule has 4 rings (SSSR count). The molecule has 0 aromatic heterocycles. The van der Waals surface area contributed by atoms with Crippen LogP contribution in [0.5, 0.6) is 0 Å². The van der Waals surface area contributed by atoms with Gasteiger partial charge in [0.15, 0.2) is 0 Å². The maximum Gasteiger partial charge on any atom is 0.416 e. The Kier molecular flexibility index (Phi) is 6.88. The molecule has 0 bridgehead atoms. The molecule has 2 N–H and O–H groups in total. The molecule has 3 saturated heterocycles. The number of rotatable bonds is 7. The molecule has 0 aliphatic carbocycles. The summed E-state index contributed by atoms with van der Waals surface area (Å²) in [4.78, 5) is 15.8. The number of ether oxygens (including phenoxy) is 1. The first-order valence-corrected chi connectivity index (χ1v) is 13.2. The number of aliphatic hydroxyl groups is 1. The molecule has 0 unspecified atom stereocenters. The Morgan fingerprint density at radius 3 is 2.54 bits per heavy atom. The van der Waals surface area contributed by atoms with Crippen molar-refractivity contribution in [2.24, 2.45) is 16.7 Å². The number of sulfonamides is 1. The van der Waals surface area contributed by atoms with E-state index in [0.29, 0.717) is 38.9 Å². The summed E-state index contributed by atoms with van der Waals surface area (Å²) in [6, 6.07) is 2.68. The van der Waals surface area contributed by atoms with Crippen molar-refractivity contribution in [1.82, 2.24) is 9.62 Å². The molecule has 1 amide bonds. The van der Waals surface area contributed by atoms with Gasteiger partial charge in [-0.25, -0.2) is 13.1 Å². The van der Waals surface area contributed by atoms with Crippen molar-refractivity contribution in [3.8, 4) is 0 Å². The van der Waals surface area contributed by atoms with Crippen molar-refractivity contribution >= 4 is 21.6 Å².